The zero-order valence-corrected chi connectivity index (χ0v) is 11.1. The van der Waals surface area contributed by atoms with Gasteiger partial charge in [-0.3, -0.25) is 4.79 Å². The Morgan fingerprint density at radius 2 is 2.06 bits per heavy atom. The lowest BCUT2D eigenvalue weighted by Gasteiger charge is -2.22. The zero-order valence-electron chi connectivity index (χ0n) is 11.1. The maximum absolute atomic E-state index is 11.4. The Morgan fingerprint density at radius 3 is 2.61 bits per heavy atom. The first kappa shape index (κ1) is 13.1. The van der Waals surface area contributed by atoms with Gasteiger partial charge in [-0.2, -0.15) is 0 Å². The maximum atomic E-state index is 11.4. The molecule has 1 saturated carbocycles. The number of ether oxygens (including phenoxy) is 1. The highest BCUT2D eigenvalue weighted by atomic mass is 16.5. The van der Waals surface area contributed by atoms with E-state index in [1.807, 2.05) is 18.2 Å². The van der Waals surface area contributed by atoms with E-state index in [0.29, 0.717) is 12.3 Å². The molecule has 1 N–H and O–H groups in total. The number of hydrogen-bond acceptors (Lipinski definition) is 3. The SMILES string of the molecule is COC(=O)CC(NC(C)c1ccccc1)C1CC1. The Bertz CT molecular complexity index is 387. The van der Waals surface area contributed by atoms with Crippen molar-refractivity contribution in [2.75, 3.05) is 7.11 Å². The third-order valence-corrected chi connectivity index (χ3v) is 3.57. The molecule has 1 aromatic carbocycles. The smallest absolute Gasteiger partial charge is 0.307 e. The van der Waals surface area contributed by atoms with E-state index in [1.165, 1.54) is 25.5 Å². The van der Waals surface area contributed by atoms with Crippen LogP contribution in [0.1, 0.15) is 37.8 Å². The Morgan fingerprint density at radius 1 is 1.39 bits per heavy atom. The minimum atomic E-state index is -0.125. The van der Waals surface area contributed by atoms with Gasteiger partial charge in [0.1, 0.15) is 0 Å². The van der Waals surface area contributed by atoms with Crippen molar-refractivity contribution >= 4 is 5.97 Å². The summed E-state index contributed by atoms with van der Waals surface area (Å²) in [6.45, 7) is 2.14. The van der Waals surface area contributed by atoms with E-state index in [0.717, 1.165) is 0 Å². The fourth-order valence-electron chi connectivity index (χ4n) is 2.28. The Kier molecular flexibility index (Phi) is 4.37. The molecule has 0 amide bonds. The van der Waals surface area contributed by atoms with E-state index in [-0.39, 0.29) is 18.1 Å². The number of benzene rings is 1. The van der Waals surface area contributed by atoms with Gasteiger partial charge in [0.05, 0.1) is 13.5 Å². The third-order valence-electron chi connectivity index (χ3n) is 3.57. The molecule has 0 radical (unpaired) electrons. The van der Waals surface area contributed by atoms with Crippen LogP contribution >= 0.6 is 0 Å². The fourth-order valence-corrected chi connectivity index (χ4v) is 2.28. The fraction of sp³-hybridized carbons (Fsp3) is 0.533. The van der Waals surface area contributed by atoms with Crippen LogP contribution in [0.2, 0.25) is 0 Å². The van der Waals surface area contributed by atoms with Crippen molar-refractivity contribution in [3.8, 4) is 0 Å². The summed E-state index contributed by atoms with van der Waals surface area (Å²) in [6.07, 6.45) is 2.91. The maximum Gasteiger partial charge on any atom is 0.307 e. The molecule has 2 rings (SSSR count). The van der Waals surface area contributed by atoms with Crippen LogP contribution in [0.25, 0.3) is 0 Å². The summed E-state index contributed by atoms with van der Waals surface area (Å²) < 4.78 is 4.77. The number of nitrogens with one attached hydrogen (secondary N) is 1. The molecule has 98 valence electrons. The quantitative estimate of drug-likeness (QED) is 0.785. The summed E-state index contributed by atoms with van der Waals surface area (Å²) >= 11 is 0. The molecular formula is C15H21NO2. The van der Waals surface area contributed by atoms with Gasteiger partial charge in [-0.1, -0.05) is 30.3 Å². The normalized spacial score (nSPS) is 18.1. The van der Waals surface area contributed by atoms with Gasteiger partial charge in [0.15, 0.2) is 0 Å². The molecule has 1 aromatic rings. The van der Waals surface area contributed by atoms with Crippen molar-refractivity contribution in [2.45, 2.75) is 38.3 Å². The lowest BCUT2D eigenvalue weighted by atomic mass is 10.0. The second-order valence-corrected chi connectivity index (χ2v) is 5.02. The predicted molar refractivity (Wildman–Crippen MR) is 71.1 cm³/mol. The van der Waals surface area contributed by atoms with Crippen LogP contribution in [0.15, 0.2) is 30.3 Å². The van der Waals surface area contributed by atoms with E-state index in [2.05, 4.69) is 24.4 Å². The summed E-state index contributed by atoms with van der Waals surface area (Å²) in [7, 11) is 1.45. The highest BCUT2D eigenvalue weighted by molar-refractivity contribution is 5.70. The van der Waals surface area contributed by atoms with Crippen LogP contribution in [0.5, 0.6) is 0 Å². The zero-order chi connectivity index (χ0) is 13.0. The van der Waals surface area contributed by atoms with Crippen LogP contribution in [0, 0.1) is 5.92 Å². The van der Waals surface area contributed by atoms with Crippen molar-refractivity contribution in [1.29, 1.82) is 0 Å². The summed E-state index contributed by atoms with van der Waals surface area (Å²) in [5, 5.41) is 3.56. The van der Waals surface area contributed by atoms with E-state index in [1.54, 1.807) is 0 Å². The van der Waals surface area contributed by atoms with Crippen molar-refractivity contribution in [2.24, 2.45) is 5.92 Å². The third kappa shape index (κ3) is 3.57. The van der Waals surface area contributed by atoms with Gasteiger partial charge in [-0.25, -0.2) is 0 Å². The number of carbonyl (C=O) groups is 1. The van der Waals surface area contributed by atoms with Crippen LogP contribution in [0.3, 0.4) is 0 Å². The largest absolute Gasteiger partial charge is 0.469 e. The molecule has 3 heteroatoms. The first-order chi connectivity index (χ1) is 8.70. The molecule has 0 saturated heterocycles. The minimum Gasteiger partial charge on any atom is -0.469 e. The number of esters is 1. The van der Waals surface area contributed by atoms with Crippen molar-refractivity contribution in [3.05, 3.63) is 35.9 Å². The second kappa shape index (κ2) is 6.01. The van der Waals surface area contributed by atoms with Gasteiger partial charge >= 0.3 is 5.97 Å². The standard InChI is InChI=1S/C15H21NO2/c1-11(12-6-4-3-5-7-12)16-14(13-8-9-13)10-15(17)18-2/h3-7,11,13-14,16H,8-10H2,1-2H3. The van der Waals surface area contributed by atoms with Crippen molar-refractivity contribution < 1.29 is 9.53 Å². The summed E-state index contributed by atoms with van der Waals surface area (Å²) in [4.78, 5) is 11.4. The Hall–Kier alpha value is -1.35. The minimum absolute atomic E-state index is 0.125. The molecule has 3 nitrogen and oxygen atoms in total. The second-order valence-electron chi connectivity index (χ2n) is 5.02. The van der Waals surface area contributed by atoms with Crippen molar-refractivity contribution in [1.82, 2.24) is 5.32 Å². The van der Waals surface area contributed by atoms with Crippen LogP contribution in [-0.2, 0) is 9.53 Å². The highest BCUT2D eigenvalue weighted by Crippen LogP contribution is 2.35. The number of methoxy groups -OCH3 is 1. The molecule has 0 spiro atoms. The van der Waals surface area contributed by atoms with Crippen LogP contribution in [-0.4, -0.2) is 19.1 Å². The molecule has 2 atom stereocenters. The van der Waals surface area contributed by atoms with Gasteiger partial charge in [0, 0.05) is 12.1 Å². The highest BCUT2D eigenvalue weighted by Gasteiger charge is 2.33. The van der Waals surface area contributed by atoms with Crippen LogP contribution in [0.4, 0.5) is 0 Å². The number of carbonyl (C=O) groups excluding carboxylic acids is 1. The number of hydrogen-bond donors (Lipinski definition) is 1. The molecule has 1 aliphatic carbocycles. The summed E-state index contributed by atoms with van der Waals surface area (Å²) in [6, 6.07) is 10.8. The first-order valence-corrected chi connectivity index (χ1v) is 6.58. The van der Waals surface area contributed by atoms with Gasteiger partial charge in [0.2, 0.25) is 0 Å². The van der Waals surface area contributed by atoms with Gasteiger partial charge in [-0.15, -0.1) is 0 Å². The lowest BCUT2D eigenvalue weighted by Crippen LogP contribution is -2.35. The molecular weight excluding hydrogens is 226 g/mol. The molecule has 18 heavy (non-hydrogen) atoms. The monoisotopic (exact) mass is 247 g/mol. The van der Waals surface area contributed by atoms with Gasteiger partial charge in [0.25, 0.3) is 0 Å². The Balaban J connectivity index is 1.94. The summed E-state index contributed by atoms with van der Waals surface area (Å²) in [5.74, 6) is 0.509. The van der Waals surface area contributed by atoms with Crippen LogP contribution < -0.4 is 5.32 Å². The topological polar surface area (TPSA) is 38.3 Å². The van der Waals surface area contributed by atoms with E-state index in [9.17, 15) is 4.79 Å². The van der Waals surface area contributed by atoms with Gasteiger partial charge < -0.3 is 10.1 Å². The molecule has 2 unspecified atom stereocenters. The van der Waals surface area contributed by atoms with E-state index in [4.69, 9.17) is 4.74 Å². The molecule has 0 bridgehead atoms. The lowest BCUT2D eigenvalue weighted by molar-refractivity contribution is -0.141. The number of rotatable bonds is 6. The average molecular weight is 247 g/mol. The van der Waals surface area contributed by atoms with E-state index < -0.39 is 0 Å². The molecule has 0 heterocycles. The van der Waals surface area contributed by atoms with E-state index >= 15 is 0 Å². The van der Waals surface area contributed by atoms with Gasteiger partial charge in [-0.05, 0) is 31.2 Å². The predicted octanol–water partition coefficient (Wildman–Crippen LogP) is 2.68. The molecule has 0 aromatic heterocycles. The molecule has 0 aliphatic heterocycles. The molecule has 1 fully saturated rings. The molecule has 1 aliphatic rings. The first-order valence-electron chi connectivity index (χ1n) is 6.58. The van der Waals surface area contributed by atoms with Crippen molar-refractivity contribution in [3.63, 3.8) is 0 Å². The Labute approximate surface area is 109 Å². The average Bonchev–Trinajstić information content (AvgIpc) is 3.23. The summed E-state index contributed by atoms with van der Waals surface area (Å²) in [5.41, 5.74) is 1.26.